The summed E-state index contributed by atoms with van der Waals surface area (Å²) in [4.78, 5) is 13.9. The van der Waals surface area contributed by atoms with E-state index < -0.39 is 0 Å². The van der Waals surface area contributed by atoms with Crippen LogP contribution in [0.1, 0.15) is 25.3 Å². The molecule has 3 rings (SSSR count). The lowest BCUT2D eigenvalue weighted by atomic mass is 10.1. The third-order valence-electron chi connectivity index (χ3n) is 4.12. The minimum Gasteiger partial charge on any atom is -0.338 e. The van der Waals surface area contributed by atoms with E-state index in [-0.39, 0.29) is 6.04 Å². The Morgan fingerprint density at radius 3 is 2.40 bits per heavy atom. The van der Waals surface area contributed by atoms with Gasteiger partial charge in [0.05, 0.1) is 0 Å². The molecular formula is C15H25N5. The Bertz CT molecular complexity index is 418. The fourth-order valence-electron chi connectivity index (χ4n) is 2.78. The zero-order chi connectivity index (χ0) is 13.9. The molecule has 0 radical (unpaired) electrons. The van der Waals surface area contributed by atoms with Crippen LogP contribution in [0.4, 0.5) is 5.95 Å². The topological polar surface area (TPSA) is 58.3 Å². The monoisotopic (exact) mass is 275 g/mol. The molecule has 1 aliphatic heterocycles. The van der Waals surface area contributed by atoms with Crippen LogP contribution in [-0.4, -0.2) is 53.6 Å². The summed E-state index contributed by atoms with van der Waals surface area (Å²) in [5.74, 6) is 1.85. The van der Waals surface area contributed by atoms with Crippen molar-refractivity contribution >= 4 is 5.95 Å². The number of anilines is 1. The first kappa shape index (κ1) is 13.8. The Hall–Kier alpha value is -1.20. The van der Waals surface area contributed by atoms with Crippen molar-refractivity contribution in [3.63, 3.8) is 0 Å². The molecule has 1 atom stereocenters. The predicted octanol–water partition coefficient (Wildman–Crippen LogP) is 0.898. The van der Waals surface area contributed by atoms with Gasteiger partial charge in [0.25, 0.3) is 0 Å². The lowest BCUT2D eigenvalue weighted by molar-refractivity contribution is 0.247. The second-order valence-electron chi connectivity index (χ2n) is 6.30. The van der Waals surface area contributed by atoms with E-state index in [9.17, 15) is 0 Å². The normalized spacial score (nSPS) is 22.0. The largest absolute Gasteiger partial charge is 0.338 e. The molecule has 1 saturated carbocycles. The number of hydrogen-bond acceptors (Lipinski definition) is 5. The molecule has 1 saturated heterocycles. The minimum absolute atomic E-state index is 0.162. The van der Waals surface area contributed by atoms with Crippen LogP contribution in [0.25, 0.3) is 0 Å². The lowest BCUT2D eigenvalue weighted by Gasteiger charge is -2.34. The van der Waals surface area contributed by atoms with Crippen molar-refractivity contribution in [2.45, 2.75) is 32.2 Å². The number of nitrogens with two attached hydrogens (primary N) is 1. The molecule has 5 heteroatoms. The molecule has 0 aromatic carbocycles. The summed E-state index contributed by atoms with van der Waals surface area (Å²) in [5.41, 5.74) is 6.92. The number of nitrogens with zero attached hydrogens (tertiary/aromatic N) is 4. The molecule has 1 aliphatic carbocycles. The summed E-state index contributed by atoms with van der Waals surface area (Å²) in [6, 6.07) is 0.162. The van der Waals surface area contributed by atoms with E-state index in [0.717, 1.165) is 50.0 Å². The maximum atomic E-state index is 5.79. The van der Waals surface area contributed by atoms with Gasteiger partial charge >= 0.3 is 0 Å². The van der Waals surface area contributed by atoms with Gasteiger partial charge in [-0.1, -0.05) is 0 Å². The molecule has 0 spiro atoms. The van der Waals surface area contributed by atoms with Gasteiger partial charge in [-0.25, -0.2) is 9.97 Å². The first-order valence-corrected chi connectivity index (χ1v) is 7.74. The second-order valence-corrected chi connectivity index (χ2v) is 6.30. The average molecular weight is 275 g/mol. The Morgan fingerprint density at radius 1 is 1.20 bits per heavy atom. The standard InChI is InChI=1S/C15H25N5/c1-12(16)8-14-9-17-15(18-10-14)20-6-4-19(5-7-20)11-13-2-3-13/h9-10,12-13H,2-8,11,16H2,1H3. The first-order valence-electron chi connectivity index (χ1n) is 7.74. The molecule has 20 heavy (non-hydrogen) atoms. The van der Waals surface area contributed by atoms with E-state index >= 15 is 0 Å². The van der Waals surface area contributed by atoms with Gasteiger partial charge in [-0.2, -0.15) is 0 Å². The van der Waals surface area contributed by atoms with Crippen LogP contribution in [0.3, 0.4) is 0 Å². The van der Waals surface area contributed by atoms with Crippen molar-refractivity contribution in [3.05, 3.63) is 18.0 Å². The molecule has 2 heterocycles. The predicted molar refractivity (Wildman–Crippen MR) is 80.8 cm³/mol. The lowest BCUT2D eigenvalue weighted by Crippen LogP contribution is -2.47. The fourth-order valence-corrected chi connectivity index (χ4v) is 2.78. The van der Waals surface area contributed by atoms with Crippen molar-refractivity contribution in [3.8, 4) is 0 Å². The van der Waals surface area contributed by atoms with Gasteiger partial charge in [0.1, 0.15) is 0 Å². The van der Waals surface area contributed by atoms with Crippen LogP contribution in [0.15, 0.2) is 12.4 Å². The number of rotatable bonds is 5. The summed E-state index contributed by atoms with van der Waals surface area (Å²) >= 11 is 0. The van der Waals surface area contributed by atoms with E-state index in [1.807, 2.05) is 19.3 Å². The van der Waals surface area contributed by atoms with Gasteiger partial charge in [0, 0.05) is 51.2 Å². The van der Waals surface area contributed by atoms with Gasteiger partial charge in [-0.15, -0.1) is 0 Å². The maximum Gasteiger partial charge on any atom is 0.225 e. The van der Waals surface area contributed by atoms with Crippen LogP contribution in [-0.2, 0) is 6.42 Å². The molecule has 2 N–H and O–H groups in total. The molecule has 1 aromatic heterocycles. The quantitative estimate of drug-likeness (QED) is 0.865. The third-order valence-corrected chi connectivity index (χ3v) is 4.12. The highest BCUT2D eigenvalue weighted by Crippen LogP contribution is 2.30. The second kappa shape index (κ2) is 6.06. The summed E-state index contributed by atoms with van der Waals surface area (Å²) in [7, 11) is 0. The highest BCUT2D eigenvalue weighted by molar-refractivity contribution is 5.30. The van der Waals surface area contributed by atoms with Crippen molar-refractivity contribution in [2.75, 3.05) is 37.6 Å². The SMILES string of the molecule is CC(N)Cc1cnc(N2CCN(CC3CC3)CC2)nc1. The van der Waals surface area contributed by atoms with Gasteiger partial charge < -0.3 is 10.6 Å². The van der Waals surface area contributed by atoms with Crippen molar-refractivity contribution in [1.29, 1.82) is 0 Å². The summed E-state index contributed by atoms with van der Waals surface area (Å²) in [6.07, 6.45) is 7.55. The molecule has 5 nitrogen and oxygen atoms in total. The summed E-state index contributed by atoms with van der Waals surface area (Å²) in [6.45, 7) is 7.66. The third kappa shape index (κ3) is 3.67. The zero-order valence-electron chi connectivity index (χ0n) is 12.3. The molecule has 110 valence electrons. The number of aromatic nitrogens is 2. The minimum atomic E-state index is 0.162. The van der Waals surface area contributed by atoms with Crippen LogP contribution in [0.5, 0.6) is 0 Å². The number of piperazine rings is 1. The summed E-state index contributed by atoms with van der Waals surface area (Å²) < 4.78 is 0. The van der Waals surface area contributed by atoms with Crippen LogP contribution in [0.2, 0.25) is 0 Å². The van der Waals surface area contributed by atoms with Gasteiger partial charge in [-0.3, -0.25) is 4.90 Å². The zero-order valence-corrected chi connectivity index (χ0v) is 12.3. The Labute approximate surface area is 121 Å². The van der Waals surface area contributed by atoms with E-state index in [0.29, 0.717) is 0 Å². The van der Waals surface area contributed by atoms with Crippen molar-refractivity contribution in [1.82, 2.24) is 14.9 Å². The van der Waals surface area contributed by atoms with Gasteiger partial charge in [0.15, 0.2) is 0 Å². The smallest absolute Gasteiger partial charge is 0.225 e. The van der Waals surface area contributed by atoms with Crippen LogP contribution >= 0.6 is 0 Å². The molecule has 2 fully saturated rings. The molecular weight excluding hydrogens is 250 g/mol. The highest BCUT2D eigenvalue weighted by Gasteiger charge is 2.26. The Morgan fingerprint density at radius 2 is 1.85 bits per heavy atom. The van der Waals surface area contributed by atoms with Crippen molar-refractivity contribution < 1.29 is 0 Å². The first-order chi connectivity index (χ1) is 9.70. The maximum absolute atomic E-state index is 5.79. The van der Waals surface area contributed by atoms with Crippen molar-refractivity contribution in [2.24, 2.45) is 11.7 Å². The van der Waals surface area contributed by atoms with Gasteiger partial charge in [0.2, 0.25) is 5.95 Å². The fraction of sp³-hybridized carbons (Fsp3) is 0.733. The van der Waals surface area contributed by atoms with E-state index in [2.05, 4.69) is 19.8 Å². The number of hydrogen-bond donors (Lipinski definition) is 1. The molecule has 0 bridgehead atoms. The highest BCUT2D eigenvalue weighted by atomic mass is 15.3. The molecule has 1 aromatic rings. The van der Waals surface area contributed by atoms with Crippen LogP contribution in [0, 0.1) is 5.92 Å². The van der Waals surface area contributed by atoms with Crippen LogP contribution < -0.4 is 10.6 Å². The van der Waals surface area contributed by atoms with E-state index in [1.54, 1.807) is 0 Å². The van der Waals surface area contributed by atoms with Gasteiger partial charge in [-0.05, 0) is 37.7 Å². The van der Waals surface area contributed by atoms with E-state index in [1.165, 1.54) is 19.4 Å². The molecule has 0 amide bonds. The average Bonchev–Trinajstić information content (AvgIpc) is 3.24. The Kier molecular flexibility index (Phi) is 4.17. The molecule has 1 unspecified atom stereocenters. The summed E-state index contributed by atoms with van der Waals surface area (Å²) in [5, 5.41) is 0. The Balaban J connectivity index is 1.51. The molecule has 2 aliphatic rings. The van der Waals surface area contributed by atoms with E-state index in [4.69, 9.17) is 5.73 Å².